The fourth-order valence-corrected chi connectivity index (χ4v) is 2.71. The molecule has 1 aromatic heterocycles. The van der Waals surface area contributed by atoms with Crippen molar-refractivity contribution in [3.05, 3.63) is 44.9 Å². The first-order valence-corrected chi connectivity index (χ1v) is 7.41. The zero-order valence-electron chi connectivity index (χ0n) is 11.2. The summed E-state index contributed by atoms with van der Waals surface area (Å²) < 4.78 is 0. The number of carboxylic acid groups (broad SMARTS) is 1. The van der Waals surface area contributed by atoms with Gasteiger partial charge in [0.15, 0.2) is 0 Å². The first-order chi connectivity index (χ1) is 9.95. The second-order valence-electron chi connectivity index (χ2n) is 4.44. The zero-order chi connectivity index (χ0) is 15.4. The predicted octanol–water partition coefficient (Wildman–Crippen LogP) is 2.91. The average molecular weight is 325 g/mol. The minimum Gasteiger partial charge on any atom is -0.481 e. The number of nitrogens with zero attached hydrogens (tertiary/aromatic N) is 1. The predicted molar refractivity (Wildman–Crippen MR) is 82.0 cm³/mol. The lowest BCUT2D eigenvalue weighted by Crippen LogP contribution is -2.15. The van der Waals surface area contributed by atoms with Gasteiger partial charge in [-0.25, -0.2) is 4.98 Å². The third kappa shape index (κ3) is 4.27. The summed E-state index contributed by atoms with van der Waals surface area (Å²) in [5, 5.41) is 14.3. The molecular weight excluding hydrogens is 312 g/mol. The molecule has 0 aliphatic heterocycles. The van der Waals surface area contributed by atoms with Gasteiger partial charge >= 0.3 is 5.97 Å². The number of carbonyl (C=O) groups is 2. The van der Waals surface area contributed by atoms with Gasteiger partial charge in [0.2, 0.25) is 5.91 Å². The maximum absolute atomic E-state index is 12.0. The van der Waals surface area contributed by atoms with Gasteiger partial charge in [-0.2, -0.15) is 0 Å². The standard InChI is InChI=1S/C14H13ClN2O3S/c1-8-10(15)3-2-4-11(8)17-12(18)6-13-16-9(7-21-13)5-14(19)20/h2-4,7H,5-6H2,1H3,(H,17,18)(H,19,20). The van der Waals surface area contributed by atoms with E-state index in [1.54, 1.807) is 23.6 Å². The van der Waals surface area contributed by atoms with Crippen molar-refractivity contribution >= 4 is 40.5 Å². The van der Waals surface area contributed by atoms with Crippen LogP contribution >= 0.6 is 22.9 Å². The number of amides is 1. The Morgan fingerprint density at radius 1 is 1.38 bits per heavy atom. The minimum absolute atomic E-state index is 0.107. The van der Waals surface area contributed by atoms with E-state index >= 15 is 0 Å². The molecule has 1 aromatic carbocycles. The smallest absolute Gasteiger partial charge is 0.309 e. The lowest BCUT2D eigenvalue weighted by Gasteiger charge is -2.08. The summed E-state index contributed by atoms with van der Waals surface area (Å²) in [5.41, 5.74) is 1.93. The Hall–Kier alpha value is -1.92. The highest BCUT2D eigenvalue weighted by Crippen LogP contribution is 2.23. The van der Waals surface area contributed by atoms with Crippen molar-refractivity contribution in [1.82, 2.24) is 4.98 Å². The van der Waals surface area contributed by atoms with E-state index in [-0.39, 0.29) is 18.7 Å². The van der Waals surface area contributed by atoms with Crippen LogP contribution in [0.3, 0.4) is 0 Å². The molecule has 5 nitrogen and oxygen atoms in total. The third-order valence-electron chi connectivity index (χ3n) is 2.79. The number of benzene rings is 1. The van der Waals surface area contributed by atoms with Gasteiger partial charge in [0, 0.05) is 16.1 Å². The summed E-state index contributed by atoms with van der Waals surface area (Å²) in [6, 6.07) is 5.29. The molecule has 0 bridgehead atoms. The normalized spacial score (nSPS) is 10.4. The number of anilines is 1. The van der Waals surface area contributed by atoms with E-state index in [9.17, 15) is 9.59 Å². The summed E-state index contributed by atoms with van der Waals surface area (Å²) in [5.74, 6) is -1.15. The van der Waals surface area contributed by atoms with Gasteiger partial charge in [0.1, 0.15) is 5.01 Å². The highest BCUT2D eigenvalue weighted by atomic mass is 35.5. The Morgan fingerprint density at radius 2 is 2.14 bits per heavy atom. The van der Waals surface area contributed by atoms with Crippen LogP contribution in [0.5, 0.6) is 0 Å². The van der Waals surface area contributed by atoms with Gasteiger partial charge < -0.3 is 10.4 Å². The SMILES string of the molecule is Cc1c(Cl)cccc1NC(=O)Cc1nc(CC(=O)O)cs1. The number of aromatic nitrogens is 1. The maximum Gasteiger partial charge on any atom is 0.309 e. The molecule has 21 heavy (non-hydrogen) atoms. The second-order valence-corrected chi connectivity index (χ2v) is 5.79. The lowest BCUT2D eigenvalue weighted by molar-refractivity contribution is -0.136. The molecule has 1 heterocycles. The molecule has 0 spiro atoms. The van der Waals surface area contributed by atoms with Crippen LogP contribution in [0.15, 0.2) is 23.6 Å². The Bertz CT molecular complexity index is 685. The van der Waals surface area contributed by atoms with E-state index in [0.717, 1.165) is 5.56 Å². The van der Waals surface area contributed by atoms with Crippen molar-refractivity contribution in [2.24, 2.45) is 0 Å². The number of thiazole rings is 1. The minimum atomic E-state index is -0.939. The highest BCUT2D eigenvalue weighted by Gasteiger charge is 2.11. The summed E-state index contributed by atoms with van der Waals surface area (Å²) >= 11 is 7.27. The largest absolute Gasteiger partial charge is 0.481 e. The van der Waals surface area contributed by atoms with Crippen LogP contribution in [-0.4, -0.2) is 22.0 Å². The van der Waals surface area contributed by atoms with Crippen LogP contribution in [0, 0.1) is 6.92 Å². The molecule has 2 aromatic rings. The van der Waals surface area contributed by atoms with E-state index in [0.29, 0.717) is 21.4 Å². The molecule has 0 fully saturated rings. The first-order valence-electron chi connectivity index (χ1n) is 6.15. The van der Waals surface area contributed by atoms with E-state index < -0.39 is 5.97 Å². The Balaban J connectivity index is 2.00. The van der Waals surface area contributed by atoms with E-state index in [1.807, 2.05) is 6.92 Å². The van der Waals surface area contributed by atoms with Crippen molar-refractivity contribution < 1.29 is 14.7 Å². The fourth-order valence-electron chi connectivity index (χ4n) is 1.74. The van der Waals surface area contributed by atoms with Gasteiger partial charge in [-0.1, -0.05) is 17.7 Å². The highest BCUT2D eigenvalue weighted by molar-refractivity contribution is 7.09. The number of carboxylic acids is 1. The van der Waals surface area contributed by atoms with Gasteiger partial charge in [-0.15, -0.1) is 11.3 Å². The third-order valence-corrected chi connectivity index (χ3v) is 4.09. The summed E-state index contributed by atoms with van der Waals surface area (Å²) in [4.78, 5) is 26.7. The molecule has 0 atom stereocenters. The van der Waals surface area contributed by atoms with E-state index in [1.165, 1.54) is 11.3 Å². The van der Waals surface area contributed by atoms with E-state index in [4.69, 9.17) is 16.7 Å². The van der Waals surface area contributed by atoms with Crippen LogP contribution < -0.4 is 5.32 Å². The van der Waals surface area contributed by atoms with Crippen LogP contribution in [0.25, 0.3) is 0 Å². The number of nitrogens with one attached hydrogen (secondary N) is 1. The number of rotatable bonds is 5. The van der Waals surface area contributed by atoms with Gasteiger partial charge in [0.25, 0.3) is 0 Å². The average Bonchev–Trinajstić information content (AvgIpc) is 2.81. The van der Waals surface area contributed by atoms with Gasteiger partial charge in [0.05, 0.1) is 18.5 Å². The van der Waals surface area contributed by atoms with Gasteiger partial charge in [-0.05, 0) is 24.6 Å². The molecular formula is C14H13ClN2O3S. The molecule has 0 saturated carbocycles. The first kappa shape index (κ1) is 15.5. The number of hydrogen-bond acceptors (Lipinski definition) is 4. The number of aliphatic carboxylic acids is 1. The molecule has 0 aliphatic carbocycles. The molecule has 2 N–H and O–H groups in total. The Kier molecular flexibility index (Phi) is 4.93. The number of carbonyl (C=O) groups excluding carboxylic acids is 1. The van der Waals surface area contributed by atoms with E-state index in [2.05, 4.69) is 10.3 Å². The fraction of sp³-hybridized carbons (Fsp3) is 0.214. The molecule has 1 amide bonds. The number of hydrogen-bond donors (Lipinski definition) is 2. The molecule has 0 aliphatic rings. The van der Waals surface area contributed by atoms with Crippen molar-refractivity contribution in [3.63, 3.8) is 0 Å². The second kappa shape index (κ2) is 6.69. The van der Waals surface area contributed by atoms with Crippen molar-refractivity contribution in [2.75, 3.05) is 5.32 Å². The summed E-state index contributed by atoms with van der Waals surface area (Å²) in [7, 11) is 0. The van der Waals surface area contributed by atoms with Crippen LogP contribution in [0.2, 0.25) is 5.02 Å². The van der Waals surface area contributed by atoms with Crippen molar-refractivity contribution in [1.29, 1.82) is 0 Å². The molecule has 2 rings (SSSR count). The van der Waals surface area contributed by atoms with Gasteiger partial charge in [-0.3, -0.25) is 9.59 Å². The van der Waals surface area contributed by atoms with Crippen molar-refractivity contribution in [3.8, 4) is 0 Å². The van der Waals surface area contributed by atoms with Crippen LogP contribution in [-0.2, 0) is 22.4 Å². The topological polar surface area (TPSA) is 79.3 Å². The van der Waals surface area contributed by atoms with Crippen LogP contribution in [0.4, 0.5) is 5.69 Å². The monoisotopic (exact) mass is 324 g/mol. The quantitative estimate of drug-likeness (QED) is 0.886. The molecule has 7 heteroatoms. The molecule has 0 radical (unpaired) electrons. The number of halogens is 1. The Labute approximate surface area is 130 Å². The maximum atomic E-state index is 12.0. The lowest BCUT2D eigenvalue weighted by atomic mass is 10.2. The molecule has 0 unspecified atom stereocenters. The van der Waals surface area contributed by atoms with Crippen LogP contribution in [0.1, 0.15) is 16.3 Å². The Morgan fingerprint density at radius 3 is 2.86 bits per heavy atom. The molecule has 0 saturated heterocycles. The van der Waals surface area contributed by atoms with Crippen molar-refractivity contribution in [2.45, 2.75) is 19.8 Å². The summed E-state index contributed by atoms with van der Waals surface area (Å²) in [6.07, 6.45) is -0.0260. The molecule has 110 valence electrons. The zero-order valence-corrected chi connectivity index (χ0v) is 12.8. The summed E-state index contributed by atoms with van der Waals surface area (Å²) in [6.45, 7) is 1.83.